The lowest BCUT2D eigenvalue weighted by atomic mass is 10.1. The summed E-state index contributed by atoms with van der Waals surface area (Å²) in [6.45, 7) is 3.89. The van der Waals surface area contributed by atoms with Gasteiger partial charge < -0.3 is 5.32 Å². The Balaban J connectivity index is 2.14. The Hall–Kier alpha value is -1.20. The van der Waals surface area contributed by atoms with Crippen LogP contribution in [0, 0.1) is 0 Å². The number of carbonyl (C=O) groups is 1. The highest BCUT2D eigenvalue weighted by atomic mass is 79.9. The monoisotopic (exact) mass is 324 g/mol. The molecule has 0 spiro atoms. The summed E-state index contributed by atoms with van der Waals surface area (Å²) in [5.74, 6) is -0.0947. The van der Waals surface area contributed by atoms with Crippen molar-refractivity contribution in [3.8, 4) is 0 Å². The van der Waals surface area contributed by atoms with Gasteiger partial charge in [0.1, 0.15) is 5.01 Å². The predicted octanol–water partition coefficient (Wildman–Crippen LogP) is 3.57. The minimum Gasteiger partial charge on any atom is -0.341 e. The minimum atomic E-state index is -0.460. The Morgan fingerprint density at radius 1 is 1.33 bits per heavy atom. The topological polar surface area (TPSA) is 42.0 Å². The maximum atomic E-state index is 12.1. The third kappa shape index (κ3) is 2.97. The summed E-state index contributed by atoms with van der Waals surface area (Å²) in [7, 11) is 0. The molecular weight excluding hydrogens is 312 g/mol. The van der Waals surface area contributed by atoms with Gasteiger partial charge in [0.15, 0.2) is 0 Å². The molecule has 0 radical (unpaired) electrons. The smallest absolute Gasteiger partial charge is 0.252 e. The number of nitrogens with one attached hydrogen (secondary N) is 1. The lowest BCUT2D eigenvalue weighted by Gasteiger charge is -2.23. The van der Waals surface area contributed by atoms with Crippen LogP contribution in [0.2, 0.25) is 0 Å². The van der Waals surface area contributed by atoms with Gasteiger partial charge >= 0.3 is 0 Å². The number of aromatic nitrogens is 1. The predicted molar refractivity (Wildman–Crippen MR) is 76.7 cm³/mol. The van der Waals surface area contributed by atoms with E-state index < -0.39 is 5.54 Å². The van der Waals surface area contributed by atoms with Crippen LogP contribution in [0.15, 0.2) is 40.3 Å². The van der Waals surface area contributed by atoms with Gasteiger partial charge in [-0.05, 0) is 38.1 Å². The summed E-state index contributed by atoms with van der Waals surface area (Å²) in [6.07, 6.45) is 1.74. The van der Waals surface area contributed by atoms with Crippen molar-refractivity contribution in [2.45, 2.75) is 19.4 Å². The molecule has 3 nitrogen and oxygen atoms in total. The molecule has 1 aromatic carbocycles. The summed E-state index contributed by atoms with van der Waals surface area (Å²) in [5.41, 5.74) is 0.182. The summed E-state index contributed by atoms with van der Waals surface area (Å²) in [4.78, 5) is 16.4. The van der Waals surface area contributed by atoms with E-state index in [-0.39, 0.29) is 5.91 Å². The van der Waals surface area contributed by atoms with Crippen LogP contribution in [0.5, 0.6) is 0 Å². The quantitative estimate of drug-likeness (QED) is 0.937. The third-order valence-electron chi connectivity index (χ3n) is 2.50. The second-order valence-electron chi connectivity index (χ2n) is 4.42. The van der Waals surface area contributed by atoms with Gasteiger partial charge in [0.25, 0.3) is 5.91 Å². The van der Waals surface area contributed by atoms with Crippen LogP contribution in [0.4, 0.5) is 0 Å². The molecule has 0 fully saturated rings. The number of carbonyl (C=O) groups excluding carboxylic acids is 1. The number of rotatable bonds is 3. The fourth-order valence-corrected chi connectivity index (χ4v) is 2.53. The van der Waals surface area contributed by atoms with Crippen molar-refractivity contribution in [3.05, 3.63) is 50.9 Å². The first kappa shape index (κ1) is 13.2. The van der Waals surface area contributed by atoms with Gasteiger partial charge in [-0.1, -0.05) is 15.9 Å². The number of halogens is 1. The number of amides is 1. The molecule has 1 aromatic heterocycles. The molecular formula is C13H13BrN2OS. The molecule has 0 unspecified atom stereocenters. The largest absolute Gasteiger partial charge is 0.341 e. The first-order valence-corrected chi connectivity index (χ1v) is 7.14. The summed E-state index contributed by atoms with van der Waals surface area (Å²) >= 11 is 4.88. The molecule has 0 saturated heterocycles. The van der Waals surface area contributed by atoms with Crippen LogP contribution in [0.3, 0.4) is 0 Å². The van der Waals surface area contributed by atoms with E-state index >= 15 is 0 Å². The standard InChI is InChI=1S/C13H13BrN2OS/c1-13(2,12-15-7-8-18-12)16-11(17)9-3-5-10(14)6-4-9/h3-8H,1-2H3,(H,16,17). The SMILES string of the molecule is CC(C)(NC(=O)c1ccc(Br)cc1)c1nccs1. The second kappa shape index (κ2) is 5.20. The number of thiazole rings is 1. The highest BCUT2D eigenvalue weighted by molar-refractivity contribution is 9.10. The van der Waals surface area contributed by atoms with Crippen LogP contribution in [0.1, 0.15) is 29.2 Å². The Morgan fingerprint density at radius 3 is 2.56 bits per heavy atom. The highest BCUT2D eigenvalue weighted by Gasteiger charge is 2.25. The molecule has 0 atom stereocenters. The molecule has 2 rings (SSSR count). The van der Waals surface area contributed by atoms with E-state index in [4.69, 9.17) is 0 Å². The third-order valence-corrected chi connectivity index (χ3v) is 4.12. The van der Waals surface area contributed by atoms with E-state index in [1.54, 1.807) is 18.3 Å². The van der Waals surface area contributed by atoms with Crippen molar-refractivity contribution in [1.29, 1.82) is 0 Å². The first-order valence-electron chi connectivity index (χ1n) is 5.47. The maximum absolute atomic E-state index is 12.1. The van der Waals surface area contributed by atoms with Gasteiger partial charge in [-0.15, -0.1) is 11.3 Å². The molecule has 2 aromatic rings. The van der Waals surface area contributed by atoms with E-state index in [1.165, 1.54) is 11.3 Å². The summed E-state index contributed by atoms with van der Waals surface area (Å²) in [5, 5.41) is 5.79. The van der Waals surface area contributed by atoms with Crippen molar-refractivity contribution >= 4 is 33.2 Å². The number of nitrogens with zero attached hydrogens (tertiary/aromatic N) is 1. The Kier molecular flexibility index (Phi) is 3.82. The lowest BCUT2D eigenvalue weighted by Crippen LogP contribution is -2.40. The molecule has 0 aliphatic carbocycles. The molecule has 0 saturated carbocycles. The van der Waals surface area contributed by atoms with Gasteiger partial charge in [0.05, 0.1) is 5.54 Å². The maximum Gasteiger partial charge on any atom is 0.252 e. The average Bonchev–Trinajstić information content (AvgIpc) is 2.83. The number of benzene rings is 1. The van der Waals surface area contributed by atoms with E-state index in [1.807, 2.05) is 31.4 Å². The van der Waals surface area contributed by atoms with Crippen molar-refractivity contribution < 1.29 is 4.79 Å². The van der Waals surface area contributed by atoms with Crippen molar-refractivity contribution in [2.75, 3.05) is 0 Å². The van der Waals surface area contributed by atoms with Crippen LogP contribution in [0.25, 0.3) is 0 Å². The Bertz CT molecular complexity index is 535. The minimum absolute atomic E-state index is 0.0947. The van der Waals surface area contributed by atoms with Gasteiger partial charge in [-0.3, -0.25) is 4.79 Å². The van der Waals surface area contributed by atoms with Crippen molar-refractivity contribution in [1.82, 2.24) is 10.3 Å². The van der Waals surface area contributed by atoms with Crippen LogP contribution >= 0.6 is 27.3 Å². The fraction of sp³-hybridized carbons (Fsp3) is 0.231. The first-order chi connectivity index (χ1) is 8.49. The molecule has 0 aliphatic rings. The molecule has 0 bridgehead atoms. The van der Waals surface area contributed by atoms with E-state index in [2.05, 4.69) is 26.2 Å². The zero-order chi connectivity index (χ0) is 13.2. The molecule has 94 valence electrons. The van der Waals surface area contributed by atoms with E-state index in [0.29, 0.717) is 5.56 Å². The highest BCUT2D eigenvalue weighted by Crippen LogP contribution is 2.22. The molecule has 1 heterocycles. The molecule has 1 N–H and O–H groups in total. The van der Waals surface area contributed by atoms with Crippen molar-refractivity contribution in [2.24, 2.45) is 0 Å². The van der Waals surface area contributed by atoms with E-state index in [0.717, 1.165) is 9.48 Å². The Labute approximate surface area is 118 Å². The number of hydrogen-bond acceptors (Lipinski definition) is 3. The second-order valence-corrected chi connectivity index (χ2v) is 6.23. The van der Waals surface area contributed by atoms with Crippen LogP contribution < -0.4 is 5.32 Å². The van der Waals surface area contributed by atoms with Crippen LogP contribution in [-0.2, 0) is 5.54 Å². The lowest BCUT2D eigenvalue weighted by molar-refractivity contribution is 0.0912. The Morgan fingerprint density at radius 2 is 2.00 bits per heavy atom. The van der Waals surface area contributed by atoms with Gasteiger partial charge in [-0.25, -0.2) is 4.98 Å². The molecule has 0 aliphatic heterocycles. The number of hydrogen-bond donors (Lipinski definition) is 1. The van der Waals surface area contributed by atoms with Crippen LogP contribution in [-0.4, -0.2) is 10.9 Å². The fourth-order valence-electron chi connectivity index (χ4n) is 1.54. The van der Waals surface area contributed by atoms with Gasteiger partial charge in [0, 0.05) is 21.6 Å². The average molecular weight is 325 g/mol. The van der Waals surface area contributed by atoms with Gasteiger partial charge in [0.2, 0.25) is 0 Å². The molecule has 5 heteroatoms. The molecule has 1 amide bonds. The summed E-state index contributed by atoms with van der Waals surface area (Å²) in [6, 6.07) is 7.28. The van der Waals surface area contributed by atoms with Gasteiger partial charge in [-0.2, -0.15) is 0 Å². The summed E-state index contributed by atoms with van der Waals surface area (Å²) < 4.78 is 0.957. The van der Waals surface area contributed by atoms with Crippen molar-refractivity contribution in [3.63, 3.8) is 0 Å². The van der Waals surface area contributed by atoms with E-state index in [9.17, 15) is 4.79 Å². The zero-order valence-corrected chi connectivity index (χ0v) is 12.5. The zero-order valence-electron chi connectivity index (χ0n) is 10.1. The normalized spacial score (nSPS) is 11.3. The molecule has 18 heavy (non-hydrogen) atoms.